The van der Waals surface area contributed by atoms with Gasteiger partial charge in [0.05, 0.1) is 33.0 Å². The molecule has 2 heterocycles. The molecule has 0 aromatic heterocycles. The molecule has 0 bridgehead atoms. The van der Waals surface area contributed by atoms with E-state index >= 15 is 0 Å². The molecule has 3 rings (SSSR count). The second kappa shape index (κ2) is 8.44. The summed E-state index contributed by atoms with van der Waals surface area (Å²) in [5.74, 6) is 2.68. The molecule has 6 nitrogen and oxygen atoms in total. The van der Waals surface area contributed by atoms with E-state index in [1.165, 1.54) is 16.8 Å². The van der Waals surface area contributed by atoms with Crippen LogP contribution in [-0.4, -0.2) is 38.1 Å². The lowest BCUT2D eigenvalue weighted by atomic mass is 9.79. The number of hydrogen-bond donors (Lipinski definition) is 3. The van der Waals surface area contributed by atoms with E-state index in [-0.39, 0.29) is 5.11 Å². The van der Waals surface area contributed by atoms with Gasteiger partial charge in [0.2, 0.25) is 0 Å². The Bertz CT molecular complexity index is 735. The molecule has 0 radical (unpaired) electrons. The Kier molecular flexibility index (Phi) is 6.22. The second-order valence-electron chi connectivity index (χ2n) is 7.93. The molecule has 1 unspecified atom stereocenters. The number of ether oxygens (including phenoxy) is 2. The minimum Gasteiger partial charge on any atom is -0.493 e. The van der Waals surface area contributed by atoms with Crippen LogP contribution < -0.4 is 25.5 Å². The zero-order chi connectivity index (χ0) is 19.6. The molecule has 7 heteroatoms. The number of thiocarbonyl (C=S) groups is 1. The van der Waals surface area contributed by atoms with Gasteiger partial charge in [-0.15, -0.1) is 0 Å². The predicted octanol–water partition coefficient (Wildman–Crippen LogP) is 1.44. The molecule has 0 spiro atoms. The number of nitrogens with one attached hydrogen (secondary N) is 2. The molecule has 1 saturated heterocycles. The smallest absolute Gasteiger partial charge is 0.184 e. The second-order valence-corrected chi connectivity index (χ2v) is 8.37. The number of hydrogen-bond acceptors (Lipinski definition) is 4. The van der Waals surface area contributed by atoms with Crippen LogP contribution in [0.3, 0.4) is 0 Å². The van der Waals surface area contributed by atoms with Gasteiger partial charge in [-0.2, -0.15) is 5.10 Å². The molecule has 4 N–H and O–H groups in total. The van der Waals surface area contributed by atoms with E-state index in [1.807, 2.05) is 0 Å². The van der Waals surface area contributed by atoms with E-state index in [9.17, 15) is 0 Å². The van der Waals surface area contributed by atoms with E-state index in [0.717, 1.165) is 43.9 Å². The van der Waals surface area contributed by atoms with Crippen molar-refractivity contribution in [3.63, 3.8) is 0 Å². The Balaban J connectivity index is 1.93. The SMILES string of the molecule is COc1cc2c(cc1OC)[C@@H]1C/C(=N\NC(N)=S)[C@H](CC(C)C)C[NH+]1CC2. The summed E-state index contributed by atoms with van der Waals surface area (Å²) in [6, 6.07) is 4.66. The largest absolute Gasteiger partial charge is 0.493 e. The van der Waals surface area contributed by atoms with Crippen molar-refractivity contribution >= 4 is 23.0 Å². The molecule has 1 fully saturated rings. The van der Waals surface area contributed by atoms with E-state index < -0.39 is 0 Å². The lowest BCUT2D eigenvalue weighted by molar-refractivity contribution is -0.938. The Labute approximate surface area is 167 Å². The van der Waals surface area contributed by atoms with Gasteiger partial charge in [0.1, 0.15) is 6.04 Å². The van der Waals surface area contributed by atoms with Gasteiger partial charge in [0.15, 0.2) is 16.6 Å². The number of quaternary nitrogens is 1. The van der Waals surface area contributed by atoms with Gasteiger partial charge >= 0.3 is 0 Å². The first kappa shape index (κ1) is 19.9. The van der Waals surface area contributed by atoms with Gasteiger partial charge in [-0.25, -0.2) is 0 Å². The van der Waals surface area contributed by atoms with Crippen molar-refractivity contribution in [3.05, 3.63) is 23.3 Å². The summed E-state index contributed by atoms with van der Waals surface area (Å²) in [4.78, 5) is 1.63. The Morgan fingerprint density at radius 2 is 2.04 bits per heavy atom. The molecular weight excluding hydrogens is 360 g/mol. The number of rotatable bonds is 5. The zero-order valence-electron chi connectivity index (χ0n) is 16.7. The average molecular weight is 392 g/mol. The maximum Gasteiger partial charge on any atom is 0.184 e. The summed E-state index contributed by atoms with van der Waals surface area (Å²) < 4.78 is 11.0. The summed E-state index contributed by atoms with van der Waals surface area (Å²) >= 11 is 4.95. The first-order chi connectivity index (χ1) is 12.9. The number of hydrazone groups is 1. The summed E-state index contributed by atoms with van der Waals surface area (Å²) in [5.41, 5.74) is 12.3. The highest BCUT2D eigenvalue weighted by molar-refractivity contribution is 7.80. The third-order valence-corrected chi connectivity index (χ3v) is 5.78. The number of benzene rings is 1. The first-order valence-corrected chi connectivity index (χ1v) is 10.0. The first-order valence-electron chi connectivity index (χ1n) is 9.64. The number of nitrogens with zero attached hydrogens (tertiary/aromatic N) is 1. The van der Waals surface area contributed by atoms with Crippen molar-refractivity contribution in [1.29, 1.82) is 0 Å². The van der Waals surface area contributed by atoms with Gasteiger partial charge in [-0.1, -0.05) is 13.8 Å². The fourth-order valence-corrected chi connectivity index (χ4v) is 4.57. The Hall–Kier alpha value is -1.86. The molecule has 0 aliphatic carbocycles. The predicted molar refractivity (Wildman–Crippen MR) is 112 cm³/mol. The summed E-state index contributed by atoms with van der Waals surface area (Å²) in [6.45, 7) is 6.76. The molecule has 0 amide bonds. The molecule has 3 atom stereocenters. The van der Waals surface area contributed by atoms with Crippen LogP contribution in [0.25, 0.3) is 0 Å². The monoisotopic (exact) mass is 391 g/mol. The van der Waals surface area contributed by atoms with Crippen LogP contribution in [0.5, 0.6) is 11.5 Å². The number of nitrogens with two attached hydrogens (primary N) is 1. The lowest BCUT2D eigenvalue weighted by Gasteiger charge is -2.41. The molecule has 148 valence electrons. The van der Waals surface area contributed by atoms with Crippen LogP contribution >= 0.6 is 12.2 Å². The lowest BCUT2D eigenvalue weighted by Crippen LogP contribution is -3.15. The Morgan fingerprint density at radius 3 is 2.67 bits per heavy atom. The molecule has 1 aromatic carbocycles. The van der Waals surface area contributed by atoms with Crippen LogP contribution in [0.1, 0.15) is 43.9 Å². The molecule has 2 aliphatic rings. The molecule has 1 aromatic rings. The van der Waals surface area contributed by atoms with Gasteiger partial charge < -0.3 is 20.1 Å². The van der Waals surface area contributed by atoms with Gasteiger partial charge in [0.25, 0.3) is 0 Å². The van der Waals surface area contributed by atoms with Crippen molar-refractivity contribution < 1.29 is 14.4 Å². The zero-order valence-corrected chi connectivity index (χ0v) is 17.5. The molecular formula is C20H31N4O2S+. The number of methoxy groups -OCH3 is 2. The Morgan fingerprint density at radius 1 is 1.33 bits per heavy atom. The van der Waals surface area contributed by atoms with Gasteiger partial charge in [-0.3, -0.25) is 5.43 Å². The van der Waals surface area contributed by atoms with Crippen molar-refractivity contribution in [3.8, 4) is 11.5 Å². The van der Waals surface area contributed by atoms with Crippen LogP contribution in [0, 0.1) is 11.8 Å². The third-order valence-electron chi connectivity index (χ3n) is 5.69. The highest BCUT2D eigenvalue weighted by Crippen LogP contribution is 2.36. The normalized spacial score (nSPS) is 25.7. The third kappa shape index (κ3) is 4.35. The van der Waals surface area contributed by atoms with Crippen molar-refractivity contribution in [2.45, 2.75) is 39.2 Å². The minimum absolute atomic E-state index is 0.219. The van der Waals surface area contributed by atoms with Gasteiger partial charge in [-0.05, 0) is 42.3 Å². The topological polar surface area (TPSA) is 73.3 Å². The van der Waals surface area contributed by atoms with Crippen LogP contribution in [0.15, 0.2) is 17.2 Å². The van der Waals surface area contributed by atoms with E-state index in [1.54, 1.807) is 19.1 Å². The van der Waals surface area contributed by atoms with Crippen LogP contribution in [-0.2, 0) is 6.42 Å². The molecule has 27 heavy (non-hydrogen) atoms. The summed E-state index contributed by atoms with van der Waals surface area (Å²) in [7, 11) is 3.38. The maximum atomic E-state index is 5.61. The molecule has 2 aliphatic heterocycles. The fraction of sp³-hybridized carbons (Fsp3) is 0.600. The van der Waals surface area contributed by atoms with E-state index in [0.29, 0.717) is 17.9 Å². The summed E-state index contributed by atoms with van der Waals surface area (Å²) in [5, 5.41) is 4.81. The fourth-order valence-electron chi connectivity index (χ4n) is 4.53. The summed E-state index contributed by atoms with van der Waals surface area (Å²) in [6.07, 6.45) is 3.10. The number of fused-ring (bicyclic) bond motifs is 3. The van der Waals surface area contributed by atoms with E-state index in [4.69, 9.17) is 27.4 Å². The highest BCUT2D eigenvalue weighted by Gasteiger charge is 2.41. The standard InChI is InChI=1S/C20H30N4O2S/c1-12(2)7-14-11-24-6-5-13-8-18(25-3)19(26-4)9-15(13)17(24)10-16(14)22-23-20(21)27/h8-9,12,14,17H,5-7,10-11H2,1-4H3,(H3,21,23,27)/p+1/b22-16+/t14-,17+/m1/s1. The average Bonchev–Trinajstić information content (AvgIpc) is 2.64. The number of piperidine rings is 1. The minimum atomic E-state index is 0.219. The quantitative estimate of drug-likeness (QED) is 0.523. The maximum absolute atomic E-state index is 5.61. The highest BCUT2D eigenvalue weighted by atomic mass is 32.1. The van der Waals surface area contributed by atoms with Crippen LogP contribution in [0.4, 0.5) is 0 Å². The van der Waals surface area contributed by atoms with Crippen molar-refractivity contribution in [1.82, 2.24) is 5.43 Å². The van der Waals surface area contributed by atoms with Crippen molar-refractivity contribution in [2.24, 2.45) is 22.7 Å². The van der Waals surface area contributed by atoms with E-state index in [2.05, 4.69) is 36.5 Å². The van der Waals surface area contributed by atoms with Crippen LogP contribution in [0.2, 0.25) is 0 Å². The van der Waals surface area contributed by atoms with Gasteiger partial charge in [0, 0.05) is 24.3 Å². The molecule has 0 saturated carbocycles. The van der Waals surface area contributed by atoms with Crippen molar-refractivity contribution in [2.75, 3.05) is 27.3 Å².